The standard InChI is InChI=1S/2C21H14FNO5S.C21H14FNO4S2.C19H12FNO4S3/c1-10-2-3-12(15(22)6-10)14-9-29-20(18(14)21(26)27)23-19(25)13-8-17-11(4-5-28-17)7-16(13)24;1-10-2-3-12(15(22)6-10)14-9-29-20(18(14)21(26)27)23-19(25)13-7-11-4-5-28-17(11)8-16(13)24;1-10-2-3-12(15(22)6-10)14-9-29-20(18(14)21(26)27)23-19(25)13-8-17-11(4-5-28-17)7-16(13)24;1-8-2-3-9(11(20)6-8)10-7-27-18(13(10)19(24)25)21-17(23)16-14(22)15-12(28-16)4-5-26-15/h3*2-9,24H,1H3,(H,23,25)(H,26,27);2-7,22H,1H3,(H,21,23)(H,24,25). The Morgan fingerprint density at radius 2 is 0.678 bits per heavy atom. The van der Waals surface area contributed by atoms with Crippen LogP contribution in [-0.2, 0) is 0 Å². The number of aryl methyl sites for hydroxylation is 4. The molecule has 9 heterocycles. The SMILES string of the molecule is Cc1ccc(-c2csc(NC(=O)c3cc4ccoc4cc3O)c2C(=O)O)c(F)c1.Cc1ccc(-c2csc(NC(=O)c3cc4occc4cc3O)c2C(=O)O)c(F)c1.Cc1ccc(-c2csc(NC(=O)c3cc4sccc4cc3O)c2C(=O)O)c(F)c1.Cc1ccc(-c2csc(NC(=O)c3sc4ccsc4c3O)c2C(=O)O)c(F)c1. The third kappa shape index (κ3) is 16.7. The van der Waals surface area contributed by atoms with Gasteiger partial charge in [-0.25, -0.2) is 36.7 Å². The Bertz CT molecular complexity index is 6160. The van der Waals surface area contributed by atoms with Crippen molar-refractivity contribution in [2.24, 2.45) is 0 Å². The zero-order valence-electron chi connectivity index (χ0n) is 59.4. The number of nitrogens with one attached hydrogen (secondary N) is 4. The lowest BCUT2D eigenvalue weighted by Gasteiger charge is -2.08. The van der Waals surface area contributed by atoms with Crippen molar-refractivity contribution in [2.45, 2.75) is 27.7 Å². The van der Waals surface area contributed by atoms with Gasteiger partial charge in [-0.05, 0) is 145 Å². The lowest BCUT2D eigenvalue weighted by molar-refractivity contribution is 0.0688. The largest absolute Gasteiger partial charge is 0.507 e. The molecule has 0 radical (unpaired) electrons. The fourth-order valence-electron chi connectivity index (χ4n) is 12.0. The predicted octanol–water partition coefficient (Wildman–Crippen LogP) is 22.1. The first kappa shape index (κ1) is 79.8. The van der Waals surface area contributed by atoms with Crippen LogP contribution in [0, 0.1) is 51.0 Å². The molecule has 9 aromatic heterocycles. The summed E-state index contributed by atoms with van der Waals surface area (Å²) in [7, 11) is 0. The number of phenolic OH excluding ortho intramolecular Hbond substituents is 3. The number of aromatic carboxylic acids is 4. The van der Waals surface area contributed by atoms with Crippen molar-refractivity contribution < 1.29 is 106 Å². The number of phenols is 3. The molecular formula is C82H54F4N4O18S7. The first-order chi connectivity index (χ1) is 54.9. The minimum atomic E-state index is -1.30. The lowest BCUT2D eigenvalue weighted by atomic mass is 10.0. The number of carbonyl (C=O) groups excluding carboxylic acids is 4. The monoisotopic (exact) mass is 1680 g/mol. The highest BCUT2D eigenvalue weighted by molar-refractivity contribution is 7.28. The molecule has 0 atom stereocenters. The van der Waals surface area contributed by atoms with Crippen LogP contribution >= 0.6 is 79.4 Å². The maximum absolute atomic E-state index is 14.4. The fraction of sp³-hybridized carbons (Fsp3) is 0.0488. The zero-order valence-corrected chi connectivity index (χ0v) is 65.1. The Labute approximate surface area is 673 Å². The second-order valence-electron chi connectivity index (χ2n) is 25.3. The van der Waals surface area contributed by atoms with Gasteiger partial charge in [-0.2, -0.15) is 0 Å². The highest BCUT2D eigenvalue weighted by Crippen LogP contribution is 2.45. The van der Waals surface area contributed by atoms with Crippen LogP contribution in [0.1, 0.15) is 104 Å². The minimum Gasteiger partial charge on any atom is -0.507 e. The molecule has 16 aromatic rings. The van der Waals surface area contributed by atoms with Crippen LogP contribution in [0.25, 0.3) is 85.9 Å². The van der Waals surface area contributed by atoms with E-state index in [0.717, 1.165) is 77.0 Å². The number of carboxylic acid groups (broad SMARTS) is 4. The van der Waals surface area contributed by atoms with Gasteiger partial charge >= 0.3 is 23.9 Å². The van der Waals surface area contributed by atoms with Crippen LogP contribution in [0.15, 0.2) is 187 Å². The Morgan fingerprint density at radius 3 is 1.06 bits per heavy atom. The molecule has 12 N–H and O–H groups in total. The number of anilines is 4. The van der Waals surface area contributed by atoms with Crippen LogP contribution in [0.5, 0.6) is 23.0 Å². The van der Waals surface area contributed by atoms with E-state index >= 15 is 0 Å². The van der Waals surface area contributed by atoms with Crippen LogP contribution in [-0.4, -0.2) is 88.4 Å². The van der Waals surface area contributed by atoms with Crippen molar-refractivity contribution in [1.29, 1.82) is 0 Å². The van der Waals surface area contributed by atoms with Crippen molar-refractivity contribution >= 4 is 188 Å². The summed E-state index contributed by atoms with van der Waals surface area (Å²) in [5, 5.41) is 101. The van der Waals surface area contributed by atoms with Crippen LogP contribution in [0.3, 0.4) is 0 Å². The third-order valence-electron chi connectivity index (χ3n) is 17.5. The van der Waals surface area contributed by atoms with E-state index in [1.54, 1.807) is 76.2 Å². The van der Waals surface area contributed by atoms with Crippen LogP contribution in [0.2, 0.25) is 0 Å². The van der Waals surface area contributed by atoms with Gasteiger partial charge in [0.1, 0.15) is 98.8 Å². The van der Waals surface area contributed by atoms with E-state index in [1.807, 2.05) is 16.8 Å². The molecule has 33 heteroatoms. The molecule has 0 saturated heterocycles. The highest BCUT2D eigenvalue weighted by Gasteiger charge is 2.31. The Kier molecular flexibility index (Phi) is 23.0. The summed E-state index contributed by atoms with van der Waals surface area (Å²) in [6, 6.07) is 33.5. The molecule has 0 bridgehead atoms. The lowest BCUT2D eigenvalue weighted by Crippen LogP contribution is -2.13. The highest BCUT2D eigenvalue weighted by atomic mass is 32.1. The average molecular weight is 1680 g/mol. The number of halogens is 4. The molecule has 580 valence electrons. The van der Waals surface area contributed by atoms with E-state index in [4.69, 9.17) is 8.83 Å². The van der Waals surface area contributed by atoms with Gasteiger partial charge in [0.25, 0.3) is 23.6 Å². The molecular weight excluding hydrogens is 1630 g/mol. The molecule has 115 heavy (non-hydrogen) atoms. The van der Waals surface area contributed by atoms with Crippen molar-refractivity contribution in [2.75, 3.05) is 21.3 Å². The molecule has 0 saturated carbocycles. The van der Waals surface area contributed by atoms with E-state index in [2.05, 4.69) is 21.3 Å². The maximum Gasteiger partial charge on any atom is 0.339 e. The van der Waals surface area contributed by atoms with Gasteiger partial charge in [-0.15, -0.1) is 79.4 Å². The first-order valence-corrected chi connectivity index (χ1v) is 39.5. The maximum atomic E-state index is 14.4. The molecule has 0 aliphatic heterocycles. The third-order valence-corrected chi connectivity index (χ3v) is 24.2. The molecule has 7 aromatic carbocycles. The zero-order chi connectivity index (χ0) is 82.1. The quantitative estimate of drug-likeness (QED) is 0.0400. The van der Waals surface area contributed by atoms with E-state index in [1.165, 1.54) is 136 Å². The number of hydrogen-bond donors (Lipinski definition) is 12. The van der Waals surface area contributed by atoms with Gasteiger partial charge < -0.3 is 71.0 Å². The second-order valence-corrected chi connectivity index (χ2v) is 31.7. The molecule has 22 nitrogen and oxygen atoms in total. The Balaban J connectivity index is 0.000000134. The summed E-state index contributed by atoms with van der Waals surface area (Å²) in [5.41, 5.74) is 4.07. The average Bonchev–Trinajstić information content (AvgIpc) is 1.64. The molecule has 0 unspecified atom stereocenters. The van der Waals surface area contributed by atoms with Gasteiger partial charge in [0.05, 0.1) is 33.9 Å². The van der Waals surface area contributed by atoms with E-state index in [0.29, 0.717) is 43.3 Å². The Hall–Kier alpha value is -13.3. The van der Waals surface area contributed by atoms with Crippen molar-refractivity contribution in [3.05, 3.63) is 268 Å². The van der Waals surface area contributed by atoms with Crippen molar-refractivity contribution in [3.63, 3.8) is 0 Å². The summed E-state index contributed by atoms with van der Waals surface area (Å²) >= 11 is 7.78. The molecule has 16 rings (SSSR count). The number of carboxylic acids is 4. The summed E-state index contributed by atoms with van der Waals surface area (Å²) < 4.78 is 70.1. The normalized spacial score (nSPS) is 11.0. The number of rotatable bonds is 16. The minimum absolute atomic E-state index is 0.0350. The number of furan rings is 2. The number of carbonyl (C=O) groups is 8. The van der Waals surface area contributed by atoms with Gasteiger partial charge in [0.15, 0.2) is 5.75 Å². The number of benzene rings is 7. The second kappa shape index (κ2) is 33.2. The molecule has 4 amide bonds. The Morgan fingerprint density at radius 1 is 0.339 bits per heavy atom. The summed E-state index contributed by atoms with van der Waals surface area (Å²) in [5.74, 6) is -10.9. The number of aromatic hydroxyl groups is 4. The number of fused-ring (bicyclic) bond motifs is 4. The van der Waals surface area contributed by atoms with E-state index < -0.39 is 70.8 Å². The van der Waals surface area contributed by atoms with E-state index in [-0.39, 0.29) is 131 Å². The summed E-state index contributed by atoms with van der Waals surface area (Å²) in [6.45, 7) is 6.93. The van der Waals surface area contributed by atoms with Gasteiger partial charge in [0.2, 0.25) is 0 Å². The van der Waals surface area contributed by atoms with Crippen LogP contribution < -0.4 is 21.3 Å². The van der Waals surface area contributed by atoms with E-state index in [9.17, 15) is 96.8 Å². The van der Waals surface area contributed by atoms with Crippen LogP contribution in [0.4, 0.5) is 37.6 Å². The first-order valence-electron chi connectivity index (χ1n) is 33.4. The van der Waals surface area contributed by atoms with Gasteiger partial charge in [-0.3, -0.25) is 19.2 Å². The number of amides is 4. The number of thiophene rings is 7. The van der Waals surface area contributed by atoms with Crippen molar-refractivity contribution in [1.82, 2.24) is 0 Å². The summed E-state index contributed by atoms with van der Waals surface area (Å²) in [4.78, 5) is 98.2. The molecule has 0 aliphatic rings. The number of hydrogen-bond acceptors (Lipinski definition) is 21. The predicted molar refractivity (Wildman–Crippen MR) is 438 cm³/mol. The smallest absolute Gasteiger partial charge is 0.339 e. The molecule has 0 spiro atoms. The van der Waals surface area contributed by atoms with Gasteiger partial charge in [0, 0.05) is 92.3 Å². The topological polar surface area (TPSA) is 373 Å². The fourth-order valence-corrected chi connectivity index (χ4v) is 18.6. The van der Waals surface area contributed by atoms with Crippen molar-refractivity contribution in [3.8, 4) is 67.5 Å². The van der Waals surface area contributed by atoms with Gasteiger partial charge in [-0.1, -0.05) is 48.5 Å². The molecule has 0 fully saturated rings. The summed E-state index contributed by atoms with van der Waals surface area (Å²) in [6.07, 6.45) is 2.85. The molecule has 0 aliphatic carbocycles.